The zero-order valence-electron chi connectivity index (χ0n) is 11.4. The van der Waals surface area contributed by atoms with E-state index in [-0.39, 0.29) is 11.6 Å². The minimum absolute atomic E-state index is 0.0107. The molecule has 1 aliphatic heterocycles. The molecule has 0 radical (unpaired) electrons. The molecule has 0 aliphatic carbocycles. The van der Waals surface area contributed by atoms with E-state index in [0.717, 1.165) is 31.3 Å². The Balaban J connectivity index is 1.99. The van der Waals surface area contributed by atoms with Crippen molar-refractivity contribution in [1.82, 2.24) is 4.90 Å². The molecule has 0 amide bonds. The molecule has 2 rings (SSSR count). The SMILES string of the molecule is CC(C)(C)C1CCN(Cc2cc(O)cc(F)c2)C1. The molecule has 1 N–H and O–H groups in total. The summed E-state index contributed by atoms with van der Waals surface area (Å²) in [5.41, 5.74) is 1.18. The number of nitrogens with zero attached hydrogens (tertiary/aromatic N) is 1. The minimum Gasteiger partial charge on any atom is -0.508 e. The van der Waals surface area contributed by atoms with Gasteiger partial charge in [0, 0.05) is 19.2 Å². The van der Waals surface area contributed by atoms with Gasteiger partial charge >= 0.3 is 0 Å². The Hall–Kier alpha value is -1.09. The molecule has 3 heteroatoms. The highest BCUT2D eigenvalue weighted by atomic mass is 19.1. The number of likely N-dealkylation sites (tertiary alicyclic amines) is 1. The highest BCUT2D eigenvalue weighted by Crippen LogP contribution is 2.34. The van der Waals surface area contributed by atoms with Crippen LogP contribution in [0.15, 0.2) is 18.2 Å². The molecular formula is C15H22FNO. The van der Waals surface area contributed by atoms with Crippen LogP contribution in [0.4, 0.5) is 4.39 Å². The van der Waals surface area contributed by atoms with Gasteiger partial charge in [0.15, 0.2) is 0 Å². The number of hydrogen-bond acceptors (Lipinski definition) is 2. The van der Waals surface area contributed by atoms with Crippen LogP contribution < -0.4 is 0 Å². The Morgan fingerprint density at radius 1 is 1.33 bits per heavy atom. The third-order valence-electron chi connectivity index (χ3n) is 3.85. The van der Waals surface area contributed by atoms with Crippen molar-refractivity contribution in [3.8, 4) is 5.75 Å². The second kappa shape index (κ2) is 4.88. The van der Waals surface area contributed by atoms with E-state index in [0.29, 0.717) is 11.3 Å². The fourth-order valence-electron chi connectivity index (χ4n) is 2.67. The minimum atomic E-state index is -0.364. The zero-order chi connectivity index (χ0) is 13.3. The molecule has 1 unspecified atom stereocenters. The van der Waals surface area contributed by atoms with Crippen LogP contribution in [0.2, 0.25) is 0 Å². The Bertz CT molecular complexity index is 405. The molecule has 0 aromatic heterocycles. The summed E-state index contributed by atoms with van der Waals surface area (Å²) in [5.74, 6) is 0.341. The van der Waals surface area contributed by atoms with Crippen molar-refractivity contribution in [2.75, 3.05) is 13.1 Å². The van der Waals surface area contributed by atoms with Gasteiger partial charge in [-0.25, -0.2) is 4.39 Å². The average molecular weight is 251 g/mol. The van der Waals surface area contributed by atoms with Gasteiger partial charge in [0.25, 0.3) is 0 Å². The lowest BCUT2D eigenvalue weighted by Gasteiger charge is -2.27. The number of phenolic OH excluding ortho intramolecular Hbond substituents is 1. The summed E-state index contributed by atoms with van der Waals surface area (Å²) in [6, 6.07) is 4.29. The number of hydrogen-bond donors (Lipinski definition) is 1. The molecule has 0 spiro atoms. The van der Waals surface area contributed by atoms with E-state index in [2.05, 4.69) is 25.7 Å². The molecule has 100 valence electrons. The topological polar surface area (TPSA) is 23.5 Å². The van der Waals surface area contributed by atoms with Crippen molar-refractivity contribution >= 4 is 0 Å². The highest BCUT2D eigenvalue weighted by molar-refractivity contribution is 5.28. The number of phenols is 1. The monoisotopic (exact) mass is 251 g/mol. The molecule has 1 aromatic rings. The predicted molar refractivity (Wildman–Crippen MR) is 70.9 cm³/mol. The van der Waals surface area contributed by atoms with E-state index in [1.165, 1.54) is 12.5 Å². The summed E-state index contributed by atoms with van der Waals surface area (Å²) in [4.78, 5) is 2.34. The summed E-state index contributed by atoms with van der Waals surface area (Å²) in [5, 5.41) is 9.39. The van der Waals surface area contributed by atoms with Gasteiger partial charge in [0.2, 0.25) is 0 Å². The maximum atomic E-state index is 13.2. The lowest BCUT2D eigenvalue weighted by atomic mass is 9.80. The largest absolute Gasteiger partial charge is 0.508 e. The summed E-state index contributed by atoms with van der Waals surface area (Å²) in [6.07, 6.45) is 1.20. The summed E-state index contributed by atoms with van der Waals surface area (Å²) in [7, 11) is 0. The van der Waals surface area contributed by atoms with Crippen LogP contribution in [-0.4, -0.2) is 23.1 Å². The van der Waals surface area contributed by atoms with E-state index < -0.39 is 0 Å². The van der Waals surface area contributed by atoms with E-state index in [4.69, 9.17) is 0 Å². The van der Waals surface area contributed by atoms with Crippen LogP contribution in [0.25, 0.3) is 0 Å². The Kier molecular flexibility index (Phi) is 3.62. The van der Waals surface area contributed by atoms with Gasteiger partial charge in [0.1, 0.15) is 11.6 Å². The third-order valence-corrected chi connectivity index (χ3v) is 3.85. The van der Waals surface area contributed by atoms with Gasteiger partial charge < -0.3 is 5.11 Å². The number of rotatable bonds is 2. The van der Waals surface area contributed by atoms with Crippen LogP contribution in [-0.2, 0) is 6.54 Å². The molecule has 1 aromatic carbocycles. The van der Waals surface area contributed by atoms with E-state index in [1.54, 1.807) is 6.07 Å². The van der Waals surface area contributed by atoms with Gasteiger partial charge in [-0.1, -0.05) is 20.8 Å². The first-order valence-electron chi connectivity index (χ1n) is 6.55. The molecule has 1 fully saturated rings. The second-order valence-corrected chi connectivity index (χ2v) is 6.40. The van der Waals surface area contributed by atoms with E-state index >= 15 is 0 Å². The first-order chi connectivity index (χ1) is 8.34. The van der Waals surface area contributed by atoms with Gasteiger partial charge in [0.05, 0.1) is 0 Å². The molecule has 1 aliphatic rings. The molecule has 2 nitrogen and oxygen atoms in total. The first kappa shape index (κ1) is 13.3. The molecule has 0 bridgehead atoms. The van der Waals surface area contributed by atoms with Crippen LogP contribution in [0.5, 0.6) is 5.75 Å². The molecular weight excluding hydrogens is 229 g/mol. The van der Waals surface area contributed by atoms with Gasteiger partial charge in [-0.15, -0.1) is 0 Å². The van der Waals surface area contributed by atoms with Crippen molar-refractivity contribution in [2.45, 2.75) is 33.7 Å². The van der Waals surface area contributed by atoms with Crippen LogP contribution in [0, 0.1) is 17.2 Å². The standard InChI is InChI=1S/C15H22FNO/c1-15(2,3)12-4-5-17(10-12)9-11-6-13(16)8-14(18)7-11/h6-8,12,18H,4-5,9-10H2,1-3H3. The maximum absolute atomic E-state index is 13.2. The lowest BCUT2D eigenvalue weighted by Crippen LogP contribution is -2.25. The van der Waals surface area contributed by atoms with E-state index in [1.807, 2.05) is 0 Å². The highest BCUT2D eigenvalue weighted by Gasteiger charge is 2.31. The van der Waals surface area contributed by atoms with Crippen molar-refractivity contribution in [2.24, 2.45) is 11.3 Å². The van der Waals surface area contributed by atoms with Gasteiger partial charge in [-0.3, -0.25) is 4.90 Å². The molecule has 1 heterocycles. The lowest BCUT2D eigenvalue weighted by molar-refractivity contribution is 0.226. The van der Waals surface area contributed by atoms with Crippen molar-refractivity contribution in [1.29, 1.82) is 0 Å². The summed E-state index contributed by atoms with van der Waals surface area (Å²) in [6.45, 7) is 9.65. The first-order valence-corrected chi connectivity index (χ1v) is 6.55. The summed E-state index contributed by atoms with van der Waals surface area (Å²) < 4.78 is 13.2. The molecule has 0 saturated carbocycles. The Morgan fingerprint density at radius 2 is 2.06 bits per heavy atom. The number of benzene rings is 1. The van der Waals surface area contributed by atoms with Gasteiger partial charge in [-0.2, -0.15) is 0 Å². The van der Waals surface area contributed by atoms with Crippen molar-refractivity contribution in [3.05, 3.63) is 29.6 Å². The summed E-state index contributed by atoms with van der Waals surface area (Å²) >= 11 is 0. The maximum Gasteiger partial charge on any atom is 0.127 e. The van der Waals surface area contributed by atoms with Crippen LogP contribution in [0.3, 0.4) is 0 Å². The molecule has 18 heavy (non-hydrogen) atoms. The van der Waals surface area contributed by atoms with Gasteiger partial charge in [-0.05, 0) is 42.0 Å². The third kappa shape index (κ3) is 3.22. The Morgan fingerprint density at radius 3 is 2.61 bits per heavy atom. The van der Waals surface area contributed by atoms with Crippen LogP contribution >= 0.6 is 0 Å². The van der Waals surface area contributed by atoms with E-state index in [9.17, 15) is 9.50 Å². The smallest absolute Gasteiger partial charge is 0.127 e. The second-order valence-electron chi connectivity index (χ2n) is 6.40. The number of halogens is 1. The quantitative estimate of drug-likeness (QED) is 0.870. The fraction of sp³-hybridized carbons (Fsp3) is 0.600. The molecule has 1 saturated heterocycles. The average Bonchev–Trinajstić information content (AvgIpc) is 2.63. The molecule has 1 atom stereocenters. The fourth-order valence-corrected chi connectivity index (χ4v) is 2.67. The number of aromatic hydroxyl groups is 1. The van der Waals surface area contributed by atoms with Crippen molar-refractivity contribution in [3.63, 3.8) is 0 Å². The van der Waals surface area contributed by atoms with Crippen molar-refractivity contribution < 1.29 is 9.50 Å². The normalized spacial score (nSPS) is 21.4. The van der Waals surface area contributed by atoms with Crippen LogP contribution in [0.1, 0.15) is 32.8 Å². The zero-order valence-corrected chi connectivity index (χ0v) is 11.4. The Labute approximate surface area is 108 Å². The predicted octanol–water partition coefficient (Wildman–Crippen LogP) is 3.40.